The Morgan fingerprint density at radius 1 is 1.50 bits per heavy atom. The summed E-state index contributed by atoms with van der Waals surface area (Å²) in [6.45, 7) is 8.74. The largest absolute Gasteiger partial charge is 0.476 e. The van der Waals surface area contributed by atoms with E-state index in [9.17, 15) is 4.79 Å². The van der Waals surface area contributed by atoms with Gasteiger partial charge in [-0.2, -0.15) is 0 Å². The second kappa shape index (κ2) is 8.82. The molecular weight excluding hydrogens is 354 g/mol. The van der Waals surface area contributed by atoms with Gasteiger partial charge in [0.05, 0.1) is 18.8 Å². The predicted octanol–water partition coefficient (Wildman–Crippen LogP) is 3.11. The third kappa shape index (κ3) is 4.85. The molecule has 0 aromatic carbocycles. The number of ether oxygens (including phenoxy) is 1. The van der Waals surface area contributed by atoms with Crippen LogP contribution < -0.4 is 15.6 Å². The first-order chi connectivity index (χ1) is 13.5. The maximum Gasteiger partial charge on any atom is 0.290 e. The SMILES string of the molecule is C=NC(=CCC)C1CC1COc1cc(NCc2ccc(C)cn2)c(=O)n(C)n1. The van der Waals surface area contributed by atoms with E-state index in [1.165, 1.54) is 4.68 Å². The smallest absolute Gasteiger partial charge is 0.290 e. The number of allylic oxidation sites excluding steroid dienone is 2. The summed E-state index contributed by atoms with van der Waals surface area (Å²) < 4.78 is 7.15. The van der Waals surface area contributed by atoms with Gasteiger partial charge in [-0.15, -0.1) is 5.10 Å². The van der Waals surface area contributed by atoms with E-state index in [1.54, 1.807) is 13.1 Å². The number of nitrogens with zero attached hydrogens (tertiary/aromatic N) is 4. The Morgan fingerprint density at radius 3 is 3.00 bits per heavy atom. The monoisotopic (exact) mass is 381 g/mol. The molecule has 0 spiro atoms. The number of hydrogen-bond acceptors (Lipinski definition) is 6. The molecule has 2 atom stereocenters. The van der Waals surface area contributed by atoms with E-state index in [1.807, 2.05) is 25.3 Å². The highest BCUT2D eigenvalue weighted by Crippen LogP contribution is 2.44. The molecule has 148 valence electrons. The van der Waals surface area contributed by atoms with Gasteiger partial charge in [0.15, 0.2) is 0 Å². The first-order valence-electron chi connectivity index (χ1n) is 9.55. The van der Waals surface area contributed by atoms with Crippen molar-refractivity contribution in [2.24, 2.45) is 23.9 Å². The van der Waals surface area contributed by atoms with E-state index >= 15 is 0 Å². The molecule has 0 amide bonds. The number of anilines is 1. The number of aryl methyl sites for hydroxylation is 2. The summed E-state index contributed by atoms with van der Waals surface area (Å²) in [5, 5.41) is 7.34. The zero-order chi connectivity index (χ0) is 20.1. The predicted molar refractivity (Wildman–Crippen MR) is 111 cm³/mol. The first kappa shape index (κ1) is 19.8. The van der Waals surface area contributed by atoms with Crippen molar-refractivity contribution in [2.75, 3.05) is 11.9 Å². The van der Waals surface area contributed by atoms with Crippen molar-refractivity contribution in [3.05, 3.63) is 57.8 Å². The highest BCUT2D eigenvalue weighted by Gasteiger charge is 2.40. The molecule has 0 bridgehead atoms. The van der Waals surface area contributed by atoms with Crippen LogP contribution in [0.3, 0.4) is 0 Å². The van der Waals surface area contributed by atoms with Crippen LogP contribution in [-0.4, -0.2) is 28.1 Å². The molecule has 3 rings (SSSR count). The molecular formula is C21H27N5O2. The molecule has 2 aromatic rings. The van der Waals surface area contributed by atoms with Crippen LogP contribution >= 0.6 is 0 Å². The molecule has 7 nitrogen and oxygen atoms in total. The van der Waals surface area contributed by atoms with Gasteiger partial charge < -0.3 is 10.1 Å². The number of nitrogens with one attached hydrogen (secondary N) is 1. The molecule has 2 unspecified atom stereocenters. The number of pyridine rings is 1. The van der Waals surface area contributed by atoms with Crippen molar-refractivity contribution in [3.8, 4) is 5.88 Å². The second-order valence-electron chi connectivity index (χ2n) is 7.11. The Labute approximate surface area is 165 Å². The molecule has 1 saturated carbocycles. The van der Waals surface area contributed by atoms with E-state index < -0.39 is 0 Å². The minimum absolute atomic E-state index is 0.201. The summed E-state index contributed by atoms with van der Waals surface area (Å²) in [7, 11) is 1.62. The van der Waals surface area contributed by atoms with Gasteiger partial charge in [-0.05, 0) is 38.1 Å². The van der Waals surface area contributed by atoms with Crippen molar-refractivity contribution >= 4 is 12.4 Å². The van der Waals surface area contributed by atoms with Gasteiger partial charge in [-0.25, -0.2) is 4.68 Å². The van der Waals surface area contributed by atoms with Crippen molar-refractivity contribution in [2.45, 2.75) is 33.2 Å². The minimum atomic E-state index is -0.201. The standard InChI is InChI=1S/C21H27N5O2/c1-5-6-18(22-3)17-9-15(17)13-28-20-10-19(21(27)26(4)25-20)24-12-16-8-7-14(2)11-23-16/h6-8,10-11,15,17,24H,3,5,9,12-13H2,1-2,4H3. The van der Waals surface area contributed by atoms with E-state index in [4.69, 9.17) is 4.74 Å². The maximum atomic E-state index is 12.3. The lowest BCUT2D eigenvalue weighted by atomic mass is 10.2. The van der Waals surface area contributed by atoms with Crippen LogP contribution in [0.2, 0.25) is 0 Å². The molecule has 7 heteroatoms. The molecule has 0 aliphatic heterocycles. The van der Waals surface area contributed by atoms with Gasteiger partial charge in [-0.1, -0.05) is 19.1 Å². The van der Waals surface area contributed by atoms with Crippen LogP contribution in [-0.2, 0) is 13.6 Å². The fourth-order valence-corrected chi connectivity index (χ4v) is 3.10. The molecule has 1 N–H and O–H groups in total. The summed E-state index contributed by atoms with van der Waals surface area (Å²) in [5.74, 6) is 1.25. The van der Waals surface area contributed by atoms with Crippen LogP contribution in [0.1, 0.15) is 31.0 Å². The Hall–Kier alpha value is -2.96. The second-order valence-corrected chi connectivity index (χ2v) is 7.11. The topological polar surface area (TPSA) is 81.4 Å². The van der Waals surface area contributed by atoms with Crippen molar-refractivity contribution in [1.29, 1.82) is 0 Å². The zero-order valence-electron chi connectivity index (χ0n) is 16.7. The summed E-state index contributed by atoms with van der Waals surface area (Å²) in [5.41, 5.74) is 3.26. The van der Waals surface area contributed by atoms with Crippen molar-refractivity contribution in [1.82, 2.24) is 14.8 Å². The van der Waals surface area contributed by atoms with Crippen LogP contribution in [0, 0.1) is 18.8 Å². The summed E-state index contributed by atoms with van der Waals surface area (Å²) in [6.07, 6.45) is 5.91. The highest BCUT2D eigenvalue weighted by molar-refractivity contribution is 5.43. The van der Waals surface area contributed by atoms with Gasteiger partial charge in [0.2, 0.25) is 5.88 Å². The molecule has 2 heterocycles. The Kier molecular flexibility index (Phi) is 6.23. The third-order valence-electron chi connectivity index (χ3n) is 4.82. The van der Waals surface area contributed by atoms with E-state index in [2.05, 4.69) is 40.1 Å². The van der Waals surface area contributed by atoms with Gasteiger partial charge in [0, 0.05) is 36.8 Å². The summed E-state index contributed by atoms with van der Waals surface area (Å²) in [4.78, 5) is 20.8. The Bertz CT molecular complexity index is 917. The van der Waals surface area contributed by atoms with Crippen LogP contribution in [0.4, 0.5) is 5.69 Å². The van der Waals surface area contributed by atoms with E-state index in [0.29, 0.717) is 36.6 Å². The van der Waals surface area contributed by atoms with Gasteiger partial charge in [0.1, 0.15) is 5.69 Å². The maximum absolute atomic E-state index is 12.3. The lowest BCUT2D eigenvalue weighted by molar-refractivity contribution is 0.276. The fraction of sp³-hybridized carbons (Fsp3) is 0.429. The molecule has 0 radical (unpaired) electrons. The molecule has 1 aliphatic carbocycles. The van der Waals surface area contributed by atoms with E-state index in [0.717, 1.165) is 29.8 Å². The normalized spacial score (nSPS) is 18.6. The van der Waals surface area contributed by atoms with Crippen LogP contribution in [0.5, 0.6) is 5.88 Å². The Morgan fingerprint density at radius 2 is 2.32 bits per heavy atom. The number of rotatable bonds is 9. The van der Waals surface area contributed by atoms with Gasteiger partial charge in [0.25, 0.3) is 5.56 Å². The number of aromatic nitrogens is 3. The molecule has 1 aliphatic rings. The first-order valence-corrected chi connectivity index (χ1v) is 9.55. The van der Waals surface area contributed by atoms with Gasteiger partial charge in [-0.3, -0.25) is 14.8 Å². The molecule has 1 fully saturated rings. The zero-order valence-corrected chi connectivity index (χ0v) is 16.7. The number of hydrogen-bond donors (Lipinski definition) is 1. The number of aliphatic imine (C=N–C) groups is 1. The fourth-order valence-electron chi connectivity index (χ4n) is 3.10. The van der Waals surface area contributed by atoms with Crippen molar-refractivity contribution < 1.29 is 4.74 Å². The molecule has 28 heavy (non-hydrogen) atoms. The molecule has 0 saturated heterocycles. The lowest BCUT2D eigenvalue weighted by Crippen LogP contribution is -2.24. The third-order valence-corrected chi connectivity index (χ3v) is 4.82. The Balaban J connectivity index is 1.62. The van der Waals surface area contributed by atoms with E-state index in [-0.39, 0.29) is 5.56 Å². The highest BCUT2D eigenvalue weighted by atomic mass is 16.5. The molecule has 2 aromatic heterocycles. The lowest BCUT2D eigenvalue weighted by Gasteiger charge is -2.10. The van der Waals surface area contributed by atoms with Crippen LogP contribution in [0.15, 0.2) is 46.0 Å². The van der Waals surface area contributed by atoms with Crippen LogP contribution in [0.25, 0.3) is 0 Å². The van der Waals surface area contributed by atoms with Gasteiger partial charge >= 0.3 is 0 Å². The summed E-state index contributed by atoms with van der Waals surface area (Å²) >= 11 is 0. The average molecular weight is 381 g/mol. The summed E-state index contributed by atoms with van der Waals surface area (Å²) in [6, 6.07) is 5.59. The van der Waals surface area contributed by atoms with Crippen molar-refractivity contribution in [3.63, 3.8) is 0 Å². The quantitative estimate of drug-likeness (QED) is 0.675. The average Bonchev–Trinajstić information content (AvgIpc) is 3.46. The minimum Gasteiger partial charge on any atom is -0.476 e.